The van der Waals surface area contributed by atoms with Gasteiger partial charge in [0.1, 0.15) is 11.6 Å². The van der Waals surface area contributed by atoms with Crippen molar-refractivity contribution in [2.75, 3.05) is 26.2 Å². The Morgan fingerprint density at radius 3 is 2.41 bits per heavy atom. The van der Waals surface area contributed by atoms with Gasteiger partial charge in [-0.05, 0) is 56.7 Å². The van der Waals surface area contributed by atoms with Crippen molar-refractivity contribution >= 4 is 22.8 Å². The van der Waals surface area contributed by atoms with Gasteiger partial charge in [0.05, 0.1) is 17.6 Å². The van der Waals surface area contributed by atoms with Crippen LogP contribution in [0, 0.1) is 0 Å². The van der Waals surface area contributed by atoms with Crippen LogP contribution in [0.15, 0.2) is 42.5 Å². The molecule has 170 valence electrons. The average molecular weight is 437 g/mol. The van der Waals surface area contributed by atoms with E-state index >= 15 is 0 Å². The summed E-state index contributed by atoms with van der Waals surface area (Å²) in [5.41, 5.74) is 3.49. The van der Waals surface area contributed by atoms with Gasteiger partial charge in [-0.15, -0.1) is 0 Å². The Labute approximate surface area is 189 Å². The number of imidazole rings is 1. The molecule has 0 saturated heterocycles. The maximum Gasteiger partial charge on any atom is 0.253 e. The van der Waals surface area contributed by atoms with Gasteiger partial charge < -0.3 is 19.5 Å². The van der Waals surface area contributed by atoms with Crippen LogP contribution in [0.3, 0.4) is 0 Å². The lowest BCUT2D eigenvalue weighted by Crippen LogP contribution is -2.30. The summed E-state index contributed by atoms with van der Waals surface area (Å²) in [4.78, 5) is 30.8. The minimum Gasteiger partial charge on any atom is -0.494 e. The van der Waals surface area contributed by atoms with Crippen LogP contribution in [0.25, 0.3) is 11.0 Å². The zero-order valence-corrected chi connectivity index (χ0v) is 19.4. The van der Waals surface area contributed by atoms with Gasteiger partial charge in [-0.25, -0.2) is 4.98 Å². The number of fused-ring (bicyclic) bond motifs is 1. The number of hydrogen-bond acceptors (Lipinski definition) is 4. The predicted molar refractivity (Wildman–Crippen MR) is 126 cm³/mol. The second kappa shape index (κ2) is 10.8. The highest BCUT2D eigenvalue weighted by Gasteiger charge is 2.17. The summed E-state index contributed by atoms with van der Waals surface area (Å²) in [6.07, 6.45) is 0.639. The highest BCUT2D eigenvalue weighted by Crippen LogP contribution is 2.22. The Morgan fingerprint density at radius 1 is 1.06 bits per heavy atom. The topological polar surface area (TPSA) is 76.5 Å². The zero-order valence-electron chi connectivity index (χ0n) is 19.4. The van der Waals surface area contributed by atoms with Gasteiger partial charge in [0.2, 0.25) is 5.91 Å². The molecule has 1 N–H and O–H groups in total. The van der Waals surface area contributed by atoms with Crippen LogP contribution in [-0.4, -0.2) is 52.5 Å². The molecule has 32 heavy (non-hydrogen) atoms. The normalized spacial score (nSPS) is 10.9. The van der Waals surface area contributed by atoms with Crippen LogP contribution in [0.5, 0.6) is 5.75 Å². The third kappa shape index (κ3) is 5.46. The molecule has 0 saturated carbocycles. The summed E-state index contributed by atoms with van der Waals surface area (Å²) in [5.74, 6) is 1.68. The molecule has 1 aromatic heterocycles. The van der Waals surface area contributed by atoms with Crippen LogP contribution >= 0.6 is 0 Å². The highest BCUT2D eigenvalue weighted by molar-refractivity contribution is 5.97. The molecule has 0 aliphatic carbocycles. The summed E-state index contributed by atoms with van der Waals surface area (Å²) in [6.45, 7) is 10.5. The number of carbonyl (C=O) groups excluding carboxylic acids is 2. The molecule has 0 atom stereocenters. The third-order valence-electron chi connectivity index (χ3n) is 5.43. The number of carbonyl (C=O) groups is 2. The number of nitrogens with zero attached hydrogens (tertiary/aromatic N) is 3. The largest absolute Gasteiger partial charge is 0.494 e. The lowest BCUT2D eigenvalue weighted by atomic mass is 10.1. The molecule has 2 aromatic carbocycles. The fourth-order valence-electron chi connectivity index (χ4n) is 3.79. The van der Waals surface area contributed by atoms with Crippen molar-refractivity contribution < 1.29 is 14.3 Å². The Balaban J connectivity index is 1.94. The van der Waals surface area contributed by atoms with Gasteiger partial charge in [0.15, 0.2) is 0 Å². The van der Waals surface area contributed by atoms with Crippen molar-refractivity contribution in [1.29, 1.82) is 0 Å². The van der Waals surface area contributed by atoms with E-state index in [1.807, 2.05) is 63.2 Å². The summed E-state index contributed by atoms with van der Waals surface area (Å²) in [5, 5.41) is 2.86. The molecule has 3 rings (SSSR count). The van der Waals surface area contributed by atoms with Crippen molar-refractivity contribution in [2.24, 2.45) is 0 Å². The lowest BCUT2D eigenvalue weighted by Gasteiger charge is -2.18. The summed E-state index contributed by atoms with van der Waals surface area (Å²) < 4.78 is 7.65. The number of aromatic nitrogens is 2. The van der Waals surface area contributed by atoms with Crippen molar-refractivity contribution in [3.8, 4) is 5.75 Å². The van der Waals surface area contributed by atoms with Gasteiger partial charge in [-0.3, -0.25) is 9.59 Å². The Kier molecular flexibility index (Phi) is 7.87. The second-order valence-corrected chi connectivity index (χ2v) is 7.60. The van der Waals surface area contributed by atoms with Crippen LogP contribution < -0.4 is 10.1 Å². The maximum atomic E-state index is 12.8. The molecule has 1 heterocycles. The minimum absolute atomic E-state index is 0.0118. The molecule has 0 aliphatic rings. The smallest absolute Gasteiger partial charge is 0.253 e. The molecule has 0 spiro atoms. The van der Waals surface area contributed by atoms with Gasteiger partial charge >= 0.3 is 0 Å². The first-order chi connectivity index (χ1) is 15.5. The first-order valence-electron chi connectivity index (χ1n) is 11.2. The SMILES string of the molecule is CCOc1ccc(Cc2nc3cc(C(=O)N(CC)CC)ccc3n2CCNC(C)=O)cc1. The van der Waals surface area contributed by atoms with E-state index in [-0.39, 0.29) is 11.8 Å². The van der Waals surface area contributed by atoms with Crippen molar-refractivity contribution in [3.05, 3.63) is 59.4 Å². The van der Waals surface area contributed by atoms with Gasteiger partial charge in [-0.1, -0.05) is 12.1 Å². The molecule has 3 aromatic rings. The van der Waals surface area contributed by atoms with Crippen LogP contribution in [0.1, 0.15) is 49.4 Å². The van der Waals surface area contributed by atoms with Crippen LogP contribution in [0.2, 0.25) is 0 Å². The number of hydrogen-bond donors (Lipinski definition) is 1. The molecule has 7 nitrogen and oxygen atoms in total. The molecule has 0 unspecified atom stereocenters. The lowest BCUT2D eigenvalue weighted by molar-refractivity contribution is -0.118. The standard InChI is InChI=1S/C25H32N4O3/c1-5-28(6-2)25(31)20-10-13-23-22(17-20)27-24(29(23)15-14-26-18(4)30)16-19-8-11-21(12-9-19)32-7-3/h8-13,17H,5-7,14-16H2,1-4H3,(H,26,30). The van der Waals surface area contributed by atoms with Crippen molar-refractivity contribution in [1.82, 2.24) is 19.8 Å². The third-order valence-corrected chi connectivity index (χ3v) is 5.43. The molecular formula is C25H32N4O3. The maximum absolute atomic E-state index is 12.8. The summed E-state index contributed by atoms with van der Waals surface area (Å²) >= 11 is 0. The molecule has 0 bridgehead atoms. The van der Waals surface area contributed by atoms with Gasteiger partial charge in [0, 0.05) is 45.1 Å². The van der Waals surface area contributed by atoms with E-state index in [2.05, 4.69) is 9.88 Å². The number of rotatable bonds is 10. The molecule has 0 fully saturated rings. The monoisotopic (exact) mass is 436 g/mol. The Bertz CT molecular complexity index is 1070. The molecule has 7 heteroatoms. The predicted octanol–water partition coefficient (Wildman–Crippen LogP) is 3.64. The molecule has 0 aliphatic heterocycles. The zero-order chi connectivity index (χ0) is 23.1. The van der Waals surface area contributed by atoms with E-state index in [1.165, 1.54) is 6.92 Å². The minimum atomic E-state index is -0.0606. The van der Waals surface area contributed by atoms with Crippen LogP contribution in [0.4, 0.5) is 0 Å². The number of amides is 2. The van der Waals surface area contributed by atoms with Crippen molar-refractivity contribution in [3.63, 3.8) is 0 Å². The van der Waals surface area contributed by atoms with Gasteiger partial charge in [0.25, 0.3) is 5.91 Å². The fraction of sp³-hybridized carbons (Fsp3) is 0.400. The van der Waals surface area contributed by atoms with E-state index in [4.69, 9.17) is 9.72 Å². The van der Waals surface area contributed by atoms with Gasteiger partial charge in [-0.2, -0.15) is 0 Å². The first kappa shape index (κ1) is 23.3. The molecule has 0 radical (unpaired) electrons. The Morgan fingerprint density at radius 2 is 1.78 bits per heavy atom. The average Bonchev–Trinajstić information content (AvgIpc) is 3.12. The number of benzene rings is 2. The molecular weight excluding hydrogens is 404 g/mol. The first-order valence-corrected chi connectivity index (χ1v) is 11.2. The fourth-order valence-corrected chi connectivity index (χ4v) is 3.79. The number of nitrogens with one attached hydrogen (secondary N) is 1. The second-order valence-electron chi connectivity index (χ2n) is 7.60. The number of ether oxygens (including phenoxy) is 1. The van der Waals surface area contributed by atoms with E-state index in [0.29, 0.717) is 44.8 Å². The van der Waals surface area contributed by atoms with E-state index in [1.54, 1.807) is 4.90 Å². The Hall–Kier alpha value is -3.35. The van der Waals surface area contributed by atoms with Crippen LogP contribution in [-0.2, 0) is 17.8 Å². The van der Waals surface area contributed by atoms with E-state index < -0.39 is 0 Å². The van der Waals surface area contributed by atoms with E-state index in [0.717, 1.165) is 28.2 Å². The highest BCUT2D eigenvalue weighted by atomic mass is 16.5. The molecule has 2 amide bonds. The van der Waals surface area contributed by atoms with Crippen molar-refractivity contribution in [2.45, 2.75) is 40.7 Å². The van der Waals surface area contributed by atoms with E-state index in [9.17, 15) is 9.59 Å². The summed E-state index contributed by atoms with van der Waals surface area (Å²) in [7, 11) is 0. The quantitative estimate of drug-likeness (QED) is 0.526. The summed E-state index contributed by atoms with van der Waals surface area (Å²) in [6, 6.07) is 13.7.